The van der Waals surface area contributed by atoms with E-state index in [1.54, 1.807) is 5.51 Å². The molecule has 0 saturated carbocycles. The summed E-state index contributed by atoms with van der Waals surface area (Å²) in [4.78, 5) is 43.3. The second kappa shape index (κ2) is 13.4. The minimum atomic E-state index is -5.08. The van der Waals surface area contributed by atoms with E-state index in [2.05, 4.69) is 40.3 Å². The summed E-state index contributed by atoms with van der Waals surface area (Å²) in [7, 11) is 2.14. The van der Waals surface area contributed by atoms with E-state index in [-0.39, 0.29) is 5.91 Å². The molecule has 17 heteroatoms. The summed E-state index contributed by atoms with van der Waals surface area (Å²) in [5.41, 5.74) is 2.24. The van der Waals surface area contributed by atoms with Crippen molar-refractivity contribution in [1.29, 1.82) is 0 Å². The second-order valence-electron chi connectivity index (χ2n) is 8.06. The molecule has 1 aliphatic heterocycles. The van der Waals surface area contributed by atoms with Gasteiger partial charge in [-0.3, -0.25) is 4.79 Å². The van der Waals surface area contributed by atoms with Crippen LogP contribution in [0.4, 0.5) is 26.3 Å². The number of nitrogens with zero attached hydrogens (tertiary/aromatic N) is 5. The number of hydrogen-bond donors (Lipinski definition) is 2. The first-order valence-corrected chi connectivity index (χ1v) is 11.4. The molecule has 2 N–H and O–H groups in total. The topological polar surface area (TPSA) is 129 Å². The molecule has 2 aromatic rings. The zero-order chi connectivity index (χ0) is 28.6. The van der Waals surface area contributed by atoms with Gasteiger partial charge in [-0.05, 0) is 20.9 Å². The number of thiazole rings is 1. The molecule has 3 heterocycles. The van der Waals surface area contributed by atoms with Crippen LogP contribution in [0.5, 0.6) is 0 Å². The summed E-state index contributed by atoms with van der Waals surface area (Å²) >= 11 is 1.45. The van der Waals surface area contributed by atoms with Gasteiger partial charge in [0.15, 0.2) is 0 Å². The maximum atomic E-state index is 12.7. The van der Waals surface area contributed by atoms with Crippen LogP contribution in [-0.4, -0.2) is 90.9 Å². The predicted octanol–water partition coefficient (Wildman–Crippen LogP) is 3.22. The Kier molecular flexibility index (Phi) is 11.5. The molecule has 2 aromatic heterocycles. The highest BCUT2D eigenvalue weighted by Crippen LogP contribution is 2.19. The van der Waals surface area contributed by atoms with E-state index in [9.17, 15) is 31.1 Å². The van der Waals surface area contributed by atoms with Crippen LogP contribution in [0.1, 0.15) is 30.2 Å². The van der Waals surface area contributed by atoms with Crippen molar-refractivity contribution >= 4 is 29.2 Å². The molecule has 0 aromatic carbocycles. The third kappa shape index (κ3) is 10.7. The molecule has 1 aliphatic rings. The number of aliphatic carboxylic acids is 2. The Morgan fingerprint density at radius 2 is 1.62 bits per heavy atom. The van der Waals surface area contributed by atoms with Crippen LogP contribution in [0.2, 0.25) is 0 Å². The van der Waals surface area contributed by atoms with Gasteiger partial charge in [0, 0.05) is 49.4 Å². The molecule has 10 nitrogen and oxygen atoms in total. The molecule has 1 amide bonds. The van der Waals surface area contributed by atoms with Gasteiger partial charge in [-0.15, -0.1) is 11.3 Å². The number of hydrogen-bond acceptors (Lipinski definition) is 7. The highest BCUT2D eigenvalue weighted by atomic mass is 32.1. The van der Waals surface area contributed by atoms with Gasteiger partial charge in [-0.1, -0.05) is 0 Å². The van der Waals surface area contributed by atoms with Gasteiger partial charge in [0.1, 0.15) is 11.5 Å². The van der Waals surface area contributed by atoms with Crippen molar-refractivity contribution in [3.8, 4) is 0 Å². The Morgan fingerprint density at radius 1 is 1.08 bits per heavy atom. The van der Waals surface area contributed by atoms with Crippen LogP contribution in [0, 0.1) is 5.92 Å². The average molecular weight is 562 g/mol. The number of fused-ring (bicyclic) bond motifs is 1. The Bertz CT molecular complexity index is 1000. The smallest absolute Gasteiger partial charge is 0.475 e. The molecular weight excluding hydrogens is 536 g/mol. The minimum absolute atomic E-state index is 0.0000926. The van der Waals surface area contributed by atoms with Gasteiger partial charge >= 0.3 is 24.3 Å². The lowest BCUT2D eigenvalue weighted by atomic mass is 10.1. The van der Waals surface area contributed by atoms with Crippen molar-refractivity contribution in [2.24, 2.45) is 5.92 Å². The Hall–Kier alpha value is -3.21. The van der Waals surface area contributed by atoms with Crippen molar-refractivity contribution in [3.63, 3.8) is 0 Å². The van der Waals surface area contributed by atoms with Crippen molar-refractivity contribution in [1.82, 2.24) is 24.3 Å². The van der Waals surface area contributed by atoms with Gasteiger partial charge in [0.25, 0.3) is 5.91 Å². The summed E-state index contributed by atoms with van der Waals surface area (Å²) in [6.45, 7) is 7.51. The Morgan fingerprint density at radius 3 is 2.05 bits per heavy atom. The largest absolute Gasteiger partial charge is 0.490 e. The lowest BCUT2D eigenvalue weighted by molar-refractivity contribution is -0.193. The predicted molar refractivity (Wildman–Crippen MR) is 118 cm³/mol. The average Bonchev–Trinajstić information content (AvgIpc) is 3.42. The zero-order valence-corrected chi connectivity index (χ0v) is 20.6. The van der Waals surface area contributed by atoms with Crippen molar-refractivity contribution in [2.45, 2.75) is 45.3 Å². The van der Waals surface area contributed by atoms with Gasteiger partial charge in [-0.2, -0.15) is 26.3 Å². The first-order chi connectivity index (χ1) is 16.9. The molecule has 0 bridgehead atoms. The van der Waals surface area contributed by atoms with E-state index in [1.807, 2.05) is 22.7 Å². The van der Waals surface area contributed by atoms with Crippen LogP contribution in [0.25, 0.3) is 0 Å². The van der Waals surface area contributed by atoms with Crippen molar-refractivity contribution in [2.75, 3.05) is 20.1 Å². The summed E-state index contributed by atoms with van der Waals surface area (Å²) in [6.07, 6.45) is -6.34. The summed E-state index contributed by atoms with van der Waals surface area (Å²) in [5, 5.41) is 16.1. The third-order valence-corrected chi connectivity index (χ3v) is 5.51. The SMILES string of the molecule is CC(C)N(C)CC1CN(C(=O)c2cscn2)Cc2nccn2C1.O=C(O)C(F)(F)F.O=C(O)C(F)(F)F. The standard InChI is InChI=1S/C16H23N5OS.2C2HF3O2/c1-12(2)19(3)6-13-7-20-5-4-17-15(20)9-21(8-13)16(22)14-10-23-11-18-14;2*3-2(4,5)1(6)7/h4-5,10-13H,6-9H2,1-3H3;2*(H,6,7). The number of carboxylic acids is 2. The maximum absolute atomic E-state index is 12.7. The van der Waals surface area contributed by atoms with Crippen LogP contribution >= 0.6 is 11.3 Å². The Balaban J connectivity index is 0.000000404. The number of rotatable bonds is 4. The molecule has 208 valence electrons. The minimum Gasteiger partial charge on any atom is -0.475 e. The lowest BCUT2D eigenvalue weighted by Crippen LogP contribution is -2.40. The Labute approximate surface area is 211 Å². The monoisotopic (exact) mass is 561 g/mol. The molecule has 0 spiro atoms. The quantitative estimate of drug-likeness (QED) is 0.545. The molecular formula is C20H25F6N5O5S. The van der Waals surface area contributed by atoms with Crippen LogP contribution in [-0.2, 0) is 22.7 Å². The van der Waals surface area contributed by atoms with E-state index in [4.69, 9.17) is 19.8 Å². The number of carboxylic acid groups (broad SMARTS) is 2. The highest BCUT2D eigenvalue weighted by Gasteiger charge is 2.39. The molecule has 1 atom stereocenters. The molecule has 0 fully saturated rings. The van der Waals surface area contributed by atoms with Gasteiger partial charge in [0.2, 0.25) is 0 Å². The van der Waals surface area contributed by atoms with Crippen LogP contribution in [0.15, 0.2) is 23.3 Å². The zero-order valence-electron chi connectivity index (χ0n) is 19.8. The highest BCUT2D eigenvalue weighted by molar-refractivity contribution is 7.07. The molecule has 0 aliphatic carbocycles. The molecule has 37 heavy (non-hydrogen) atoms. The molecule has 0 saturated heterocycles. The molecule has 0 radical (unpaired) electrons. The number of alkyl halides is 6. The van der Waals surface area contributed by atoms with Crippen molar-refractivity contribution < 1.29 is 50.9 Å². The number of carbonyl (C=O) groups excluding carboxylic acids is 1. The van der Waals surface area contributed by atoms with Gasteiger partial charge in [-0.25, -0.2) is 19.6 Å². The number of carbonyl (C=O) groups is 3. The fourth-order valence-electron chi connectivity index (χ4n) is 2.91. The normalized spacial score (nSPS) is 15.6. The molecule has 3 rings (SSSR count). The van der Waals surface area contributed by atoms with E-state index >= 15 is 0 Å². The first kappa shape index (κ1) is 31.8. The number of aromatic nitrogens is 3. The third-order valence-electron chi connectivity index (χ3n) is 4.92. The first-order valence-electron chi connectivity index (χ1n) is 10.4. The van der Waals surface area contributed by atoms with E-state index in [0.29, 0.717) is 24.2 Å². The summed E-state index contributed by atoms with van der Waals surface area (Å²) in [6, 6.07) is 0.489. The molecule has 1 unspecified atom stereocenters. The number of halogens is 6. The van der Waals surface area contributed by atoms with Gasteiger partial charge in [0.05, 0.1) is 12.1 Å². The second-order valence-corrected chi connectivity index (χ2v) is 8.78. The van der Waals surface area contributed by atoms with Crippen LogP contribution < -0.4 is 0 Å². The summed E-state index contributed by atoms with van der Waals surface area (Å²) < 4.78 is 65.6. The van der Waals surface area contributed by atoms with Crippen molar-refractivity contribution in [3.05, 3.63) is 34.8 Å². The van der Waals surface area contributed by atoms with Crippen LogP contribution in [0.3, 0.4) is 0 Å². The number of imidazole rings is 1. The lowest BCUT2D eigenvalue weighted by Gasteiger charge is -2.29. The van der Waals surface area contributed by atoms with E-state index in [1.165, 1.54) is 11.3 Å². The van der Waals surface area contributed by atoms with Gasteiger partial charge < -0.3 is 24.6 Å². The number of amides is 1. The van der Waals surface area contributed by atoms with E-state index in [0.717, 1.165) is 25.5 Å². The fraction of sp³-hybridized carbons (Fsp3) is 0.550. The fourth-order valence-corrected chi connectivity index (χ4v) is 3.44. The van der Waals surface area contributed by atoms with E-state index < -0.39 is 24.3 Å². The summed E-state index contributed by atoms with van der Waals surface area (Å²) in [5.74, 6) is -4.19. The maximum Gasteiger partial charge on any atom is 0.490 e.